The number of anilines is 1. The standard InChI is InChI=1S/C16H11NO4/c18-13-4-2-1-3-12(13)16(20)17-11-6-7-14-10(9-11)5-8-15(19)21-14/h1-9,18H,(H,17,20). The number of carbonyl (C=O) groups excluding carboxylic acids is 1. The molecule has 0 atom stereocenters. The summed E-state index contributed by atoms with van der Waals surface area (Å²) in [6, 6.07) is 14.2. The topological polar surface area (TPSA) is 79.5 Å². The molecule has 5 heteroatoms. The van der Waals surface area contributed by atoms with Crippen LogP contribution in [0.1, 0.15) is 10.4 Å². The normalized spacial score (nSPS) is 10.5. The first-order valence-corrected chi connectivity index (χ1v) is 6.27. The van der Waals surface area contributed by atoms with Gasteiger partial charge in [-0.2, -0.15) is 0 Å². The SMILES string of the molecule is O=C(Nc1ccc2oc(=O)ccc2c1)c1ccccc1O. The van der Waals surface area contributed by atoms with Gasteiger partial charge in [0.2, 0.25) is 0 Å². The molecule has 3 aromatic rings. The van der Waals surface area contributed by atoms with Crippen LogP contribution in [-0.4, -0.2) is 11.0 Å². The zero-order valence-corrected chi connectivity index (χ0v) is 10.9. The average molecular weight is 281 g/mol. The number of para-hydroxylation sites is 1. The number of hydrogen-bond donors (Lipinski definition) is 2. The van der Waals surface area contributed by atoms with Crippen LogP contribution >= 0.6 is 0 Å². The summed E-state index contributed by atoms with van der Waals surface area (Å²) >= 11 is 0. The fourth-order valence-corrected chi connectivity index (χ4v) is 2.01. The zero-order valence-electron chi connectivity index (χ0n) is 10.9. The van der Waals surface area contributed by atoms with E-state index in [0.29, 0.717) is 16.7 Å². The van der Waals surface area contributed by atoms with E-state index >= 15 is 0 Å². The third-order valence-electron chi connectivity index (χ3n) is 3.03. The molecule has 3 rings (SSSR count). The molecule has 0 spiro atoms. The van der Waals surface area contributed by atoms with Crippen molar-refractivity contribution < 1.29 is 14.3 Å². The van der Waals surface area contributed by atoms with Gasteiger partial charge in [-0.25, -0.2) is 4.79 Å². The lowest BCUT2D eigenvalue weighted by Crippen LogP contribution is -2.11. The molecular formula is C16H11NO4. The summed E-state index contributed by atoms with van der Waals surface area (Å²) in [5.74, 6) is -0.494. The molecule has 2 aromatic carbocycles. The maximum Gasteiger partial charge on any atom is 0.336 e. The number of amides is 1. The Kier molecular flexibility index (Phi) is 3.16. The van der Waals surface area contributed by atoms with Gasteiger partial charge in [-0.15, -0.1) is 0 Å². The minimum atomic E-state index is -0.423. The first kappa shape index (κ1) is 12.9. The highest BCUT2D eigenvalue weighted by Gasteiger charge is 2.10. The molecule has 2 N–H and O–H groups in total. The maximum absolute atomic E-state index is 12.1. The quantitative estimate of drug-likeness (QED) is 0.708. The van der Waals surface area contributed by atoms with Gasteiger partial charge in [0.15, 0.2) is 0 Å². The summed E-state index contributed by atoms with van der Waals surface area (Å²) in [5.41, 5.74) is 0.762. The van der Waals surface area contributed by atoms with Crippen LogP contribution in [0, 0.1) is 0 Å². The van der Waals surface area contributed by atoms with Crippen LogP contribution in [0.3, 0.4) is 0 Å². The van der Waals surface area contributed by atoms with E-state index in [1.807, 2.05) is 0 Å². The number of carbonyl (C=O) groups is 1. The molecule has 0 aliphatic heterocycles. The van der Waals surface area contributed by atoms with Crippen molar-refractivity contribution in [2.24, 2.45) is 0 Å². The predicted molar refractivity (Wildman–Crippen MR) is 78.5 cm³/mol. The van der Waals surface area contributed by atoms with Crippen molar-refractivity contribution in [3.8, 4) is 5.75 Å². The lowest BCUT2D eigenvalue weighted by molar-refractivity contribution is 0.102. The molecule has 1 heterocycles. The average Bonchev–Trinajstić information content (AvgIpc) is 2.48. The Hall–Kier alpha value is -3.08. The molecule has 0 aliphatic rings. The minimum Gasteiger partial charge on any atom is -0.507 e. The van der Waals surface area contributed by atoms with Crippen LogP contribution in [0.15, 0.2) is 63.8 Å². The molecule has 104 valence electrons. The van der Waals surface area contributed by atoms with Gasteiger partial charge in [-0.05, 0) is 36.4 Å². The Morgan fingerprint density at radius 1 is 1.05 bits per heavy atom. The van der Waals surface area contributed by atoms with Gasteiger partial charge < -0.3 is 14.8 Å². The van der Waals surface area contributed by atoms with E-state index in [2.05, 4.69) is 5.32 Å². The Labute approximate surface area is 119 Å². The molecule has 0 saturated carbocycles. The second-order valence-corrected chi connectivity index (χ2v) is 4.48. The minimum absolute atomic E-state index is 0.0817. The maximum atomic E-state index is 12.1. The second-order valence-electron chi connectivity index (χ2n) is 4.48. The molecule has 0 bridgehead atoms. The molecule has 1 aromatic heterocycles. The molecule has 0 unspecified atom stereocenters. The van der Waals surface area contributed by atoms with Gasteiger partial charge in [0.05, 0.1) is 5.56 Å². The Balaban J connectivity index is 1.91. The number of fused-ring (bicyclic) bond motifs is 1. The summed E-state index contributed by atoms with van der Waals surface area (Å²) in [4.78, 5) is 23.2. The van der Waals surface area contributed by atoms with Crippen molar-refractivity contribution in [1.82, 2.24) is 0 Å². The van der Waals surface area contributed by atoms with Crippen LogP contribution in [0.5, 0.6) is 5.75 Å². The van der Waals surface area contributed by atoms with Crippen molar-refractivity contribution >= 4 is 22.6 Å². The van der Waals surface area contributed by atoms with Crippen LogP contribution in [0.4, 0.5) is 5.69 Å². The van der Waals surface area contributed by atoms with Crippen LogP contribution < -0.4 is 10.9 Å². The van der Waals surface area contributed by atoms with Gasteiger partial charge in [0.25, 0.3) is 5.91 Å². The number of phenolic OH excluding ortho intramolecular Hbond substituents is 1. The van der Waals surface area contributed by atoms with Gasteiger partial charge in [-0.1, -0.05) is 12.1 Å². The predicted octanol–water partition coefficient (Wildman–Crippen LogP) is 2.75. The van der Waals surface area contributed by atoms with Gasteiger partial charge in [-0.3, -0.25) is 4.79 Å². The number of nitrogens with one attached hydrogen (secondary N) is 1. The van der Waals surface area contributed by atoms with Crippen molar-refractivity contribution in [1.29, 1.82) is 0 Å². The number of benzene rings is 2. The first-order chi connectivity index (χ1) is 10.1. The summed E-state index contributed by atoms with van der Waals surface area (Å²) in [7, 11) is 0. The summed E-state index contributed by atoms with van der Waals surface area (Å²) in [5, 5.41) is 13.0. The molecule has 5 nitrogen and oxygen atoms in total. The van der Waals surface area contributed by atoms with Crippen molar-refractivity contribution in [2.45, 2.75) is 0 Å². The summed E-state index contributed by atoms with van der Waals surface area (Å²) in [6.07, 6.45) is 0. The second kappa shape index (κ2) is 5.13. The lowest BCUT2D eigenvalue weighted by atomic mass is 10.1. The van der Waals surface area contributed by atoms with E-state index in [0.717, 1.165) is 0 Å². The Bertz CT molecular complexity index is 883. The molecule has 0 aliphatic carbocycles. The van der Waals surface area contributed by atoms with E-state index in [1.165, 1.54) is 18.2 Å². The van der Waals surface area contributed by atoms with E-state index in [9.17, 15) is 14.7 Å². The zero-order chi connectivity index (χ0) is 14.8. The van der Waals surface area contributed by atoms with Crippen LogP contribution in [0.25, 0.3) is 11.0 Å². The summed E-state index contributed by atoms with van der Waals surface area (Å²) < 4.78 is 5.02. The highest BCUT2D eigenvalue weighted by molar-refractivity contribution is 6.06. The largest absolute Gasteiger partial charge is 0.507 e. The summed E-state index contributed by atoms with van der Waals surface area (Å²) in [6.45, 7) is 0. The monoisotopic (exact) mass is 281 g/mol. The number of aromatic hydroxyl groups is 1. The molecule has 0 saturated heterocycles. The Morgan fingerprint density at radius 2 is 1.86 bits per heavy atom. The highest BCUT2D eigenvalue weighted by Crippen LogP contribution is 2.20. The third kappa shape index (κ3) is 2.62. The van der Waals surface area contributed by atoms with Gasteiger partial charge in [0.1, 0.15) is 11.3 Å². The van der Waals surface area contributed by atoms with Crippen LogP contribution in [-0.2, 0) is 0 Å². The fourth-order valence-electron chi connectivity index (χ4n) is 2.01. The van der Waals surface area contributed by atoms with E-state index in [4.69, 9.17) is 4.42 Å². The number of rotatable bonds is 2. The van der Waals surface area contributed by atoms with Crippen molar-refractivity contribution in [3.63, 3.8) is 0 Å². The van der Waals surface area contributed by atoms with Crippen LogP contribution in [0.2, 0.25) is 0 Å². The number of hydrogen-bond acceptors (Lipinski definition) is 4. The van der Waals surface area contributed by atoms with Gasteiger partial charge in [0, 0.05) is 17.1 Å². The molecular weight excluding hydrogens is 270 g/mol. The molecule has 0 fully saturated rings. The number of phenols is 1. The molecule has 0 radical (unpaired) electrons. The lowest BCUT2D eigenvalue weighted by Gasteiger charge is -2.07. The smallest absolute Gasteiger partial charge is 0.336 e. The Morgan fingerprint density at radius 3 is 2.67 bits per heavy atom. The molecule has 21 heavy (non-hydrogen) atoms. The van der Waals surface area contributed by atoms with Crippen molar-refractivity contribution in [3.05, 3.63) is 70.6 Å². The van der Waals surface area contributed by atoms with E-state index < -0.39 is 11.5 Å². The van der Waals surface area contributed by atoms with E-state index in [1.54, 1.807) is 36.4 Å². The third-order valence-corrected chi connectivity index (χ3v) is 3.03. The van der Waals surface area contributed by atoms with Gasteiger partial charge >= 0.3 is 5.63 Å². The highest BCUT2D eigenvalue weighted by atomic mass is 16.4. The fraction of sp³-hybridized carbons (Fsp3) is 0. The molecule has 1 amide bonds. The van der Waals surface area contributed by atoms with E-state index in [-0.39, 0.29) is 11.3 Å². The van der Waals surface area contributed by atoms with Crippen molar-refractivity contribution in [2.75, 3.05) is 5.32 Å². The first-order valence-electron chi connectivity index (χ1n) is 6.27.